The highest BCUT2D eigenvalue weighted by Gasteiger charge is 2.10. The number of rotatable bonds is 5. The number of aromatic nitrogens is 1. The van der Waals surface area contributed by atoms with E-state index in [4.69, 9.17) is 4.74 Å². The number of benzene rings is 1. The summed E-state index contributed by atoms with van der Waals surface area (Å²) in [6.45, 7) is 3.07. The standard InChI is InChI=1S/C18H22N2O/c1-2-12-19-17-8-5-9-18(20-17)21-16-11-10-14-6-3-4-7-15(14)13-16/h5,8-11,13H,2-4,6-7,12H2,1H3,(H,19,20). The van der Waals surface area contributed by atoms with Gasteiger partial charge in [0.2, 0.25) is 5.88 Å². The Morgan fingerprint density at radius 3 is 2.81 bits per heavy atom. The Kier molecular flexibility index (Phi) is 4.39. The van der Waals surface area contributed by atoms with E-state index in [1.54, 1.807) is 0 Å². The molecule has 3 nitrogen and oxygen atoms in total. The predicted octanol–water partition coefficient (Wildman–Crippen LogP) is 4.57. The first-order chi connectivity index (χ1) is 10.3. The van der Waals surface area contributed by atoms with Crippen LogP contribution in [0.1, 0.15) is 37.3 Å². The molecule has 0 fully saturated rings. The van der Waals surface area contributed by atoms with Gasteiger partial charge in [-0.1, -0.05) is 19.1 Å². The van der Waals surface area contributed by atoms with E-state index in [9.17, 15) is 0 Å². The molecule has 0 saturated heterocycles. The molecule has 0 atom stereocenters. The van der Waals surface area contributed by atoms with Gasteiger partial charge in [-0.2, -0.15) is 4.98 Å². The molecular formula is C18H22N2O. The van der Waals surface area contributed by atoms with Crippen LogP contribution in [0.15, 0.2) is 36.4 Å². The second-order valence-electron chi connectivity index (χ2n) is 5.53. The van der Waals surface area contributed by atoms with Gasteiger partial charge in [-0.05, 0) is 61.4 Å². The highest BCUT2D eigenvalue weighted by atomic mass is 16.5. The third kappa shape index (κ3) is 3.54. The summed E-state index contributed by atoms with van der Waals surface area (Å²) in [6.07, 6.45) is 6.03. The Balaban J connectivity index is 1.74. The van der Waals surface area contributed by atoms with Crippen LogP contribution in [0, 0.1) is 0 Å². The van der Waals surface area contributed by atoms with E-state index in [1.807, 2.05) is 18.2 Å². The zero-order valence-corrected chi connectivity index (χ0v) is 12.6. The molecule has 1 heterocycles. The Morgan fingerprint density at radius 1 is 1.10 bits per heavy atom. The molecule has 2 aromatic rings. The maximum atomic E-state index is 5.91. The first-order valence-electron chi connectivity index (χ1n) is 7.86. The molecule has 110 valence electrons. The van der Waals surface area contributed by atoms with E-state index >= 15 is 0 Å². The molecule has 1 aliphatic carbocycles. The summed E-state index contributed by atoms with van der Waals surface area (Å²) >= 11 is 0. The number of fused-ring (bicyclic) bond motifs is 1. The second kappa shape index (κ2) is 6.61. The summed E-state index contributed by atoms with van der Waals surface area (Å²) in [4.78, 5) is 4.48. The van der Waals surface area contributed by atoms with E-state index in [0.29, 0.717) is 5.88 Å². The van der Waals surface area contributed by atoms with Gasteiger partial charge in [0.15, 0.2) is 0 Å². The Bertz CT molecular complexity index is 610. The van der Waals surface area contributed by atoms with Gasteiger partial charge in [0.05, 0.1) is 0 Å². The normalized spacial score (nSPS) is 13.6. The third-order valence-corrected chi connectivity index (χ3v) is 3.82. The fraction of sp³-hybridized carbons (Fsp3) is 0.389. The van der Waals surface area contributed by atoms with Crippen molar-refractivity contribution in [2.45, 2.75) is 39.0 Å². The van der Waals surface area contributed by atoms with E-state index in [-0.39, 0.29) is 0 Å². The number of hydrogen-bond donors (Lipinski definition) is 1. The lowest BCUT2D eigenvalue weighted by atomic mass is 9.92. The molecule has 21 heavy (non-hydrogen) atoms. The third-order valence-electron chi connectivity index (χ3n) is 3.82. The Labute approximate surface area is 126 Å². The van der Waals surface area contributed by atoms with Crippen molar-refractivity contribution < 1.29 is 4.74 Å². The SMILES string of the molecule is CCCNc1cccc(Oc2ccc3c(c2)CCCC3)n1. The molecule has 3 rings (SSSR count). The van der Waals surface area contributed by atoms with Crippen molar-refractivity contribution in [2.75, 3.05) is 11.9 Å². The summed E-state index contributed by atoms with van der Waals surface area (Å²) < 4.78 is 5.91. The van der Waals surface area contributed by atoms with Crippen molar-refractivity contribution in [3.63, 3.8) is 0 Å². The van der Waals surface area contributed by atoms with Gasteiger partial charge < -0.3 is 10.1 Å². The van der Waals surface area contributed by atoms with Crippen LogP contribution in [0.5, 0.6) is 11.6 Å². The van der Waals surface area contributed by atoms with Gasteiger partial charge in [-0.3, -0.25) is 0 Å². The maximum absolute atomic E-state index is 5.91. The van der Waals surface area contributed by atoms with Crippen LogP contribution in [-0.2, 0) is 12.8 Å². The lowest BCUT2D eigenvalue weighted by Gasteiger charge is -2.16. The van der Waals surface area contributed by atoms with Crippen LogP contribution in [0.25, 0.3) is 0 Å². The molecular weight excluding hydrogens is 260 g/mol. The number of hydrogen-bond acceptors (Lipinski definition) is 3. The van der Waals surface area contributed by atoms with Crippen LogP contribution >= 0.6 is 0 Å². The summed E-state index contributed by atoms with van der Waals surface area (Å²) in [5.74, 6) is 2.40. The lowest BCUT2D eigenvalue weighted by Crippen LogP contribution is -2.03. The van der Waals surface area contributed by atoms with Gasteiger partial charge in [0, 0.05) is 12.6 Å². The molecule has 0 amide bonds. The van der Waals surface area contributed by atoms with Gasteiger partial charge in [0.1, 0.15) is 11.6 Å². The topological polar surface area (TPSA) is 34.1 Å². The number of ether oxygens (including phenoxy) is 1. The molecule has 0 aliphatic heterocycles. The minimum Gasteiger partial charge on any atom is -0.439 e. The average Bonchev–Trinajstić information content (AvgIpc) is 2.53. The molecule has 0 radical (unpaired) electrons. The van der Waals surface area contributed by atoms with Crippen LogP contribution in [0.4, 0.5) is 5.82 Å². The number of anilines is 1. The minimum atomic E-state index is 0.645. The number of pyridine rings is 1. The van der Waals surface area contributed by atoms with Crippen molar-refractivity contribution in [1.29, 1.82) is 0 Å². The minimum absolute atomic E-state index is 0.645. The van der Waals surface area contributed by atoms with E-state index in [2.05, 4.69) is 35.4 Å². The maximum Gasteiger partial charge on any atom is 0.221 e. The van der Waals surface area contributed by atoms with Gasteiger partial charge >= 0.3 is 0 Å². The molecule has 3 heteroatoms. The molecule has 0 spiro atoms. The van der Waals surface area contributed by atoms with Gasteiger partial charge in [0.25, 0.3) is 0 Å². The monoisotopic (exact) mass is 282 g/mol. The number of aryl methyl sites for hydroxylation is 2. The van der Waals surface area contributed by atoms with E-state index in [1.165, 1.54) is 30.4 Å². The van der Waals surface area contributed by atoms with Gasteiger partial charge in [-0.25, -0.2) is 0 Å². The molecule has 1 aromatic carbocycles. The summed E-state index contributed by atoms with van der Waals surface area (Å²) in [5.41, 5.74) is 2.90. The molecule has 0 unspecified atom stereocenters. The fourth-order valence-corrected chi connectivity index (χ4v) is 2.72. The van der Waals surface area contributed by atoms with Crippen molar-refractivity contribution in [2.24, 2.45) is 0 Å². The fourth-order valence-electron chi connectivity index (χ4n) is 2.72. The second-order valence-corrected chi connectivity index (χ2v) is 5.53. The molecule has 0 saturated carbocycles. The van der Waals surface area contributed by atoms with Crippen molar-refractivity contribution in [1.82, 2.24) is 4.98 Å². The summed E-state index contributed by atoms with van der Waals surface area (Å²) in [7, 11) is 0. The largest absolute Gasteiger partial charge is 0.439 e. The Hall–Kier alpha value is -2.03. The molecule has 1 aliphatic rings. The lowest BCUT2D eigenvalue weighted by molar-refractivity contribution is 0.462. The molecule has 0 bridgehead atoms. The van der Waals surface area contributed by atoms with Crippen LogP contribution in [0.3, 0.4) is 0 Å². The highest BCUT2D eigenvalue weighted by Crippen LogP contribution is 2.28. The zero-order chi connectivity index (χ0) is 14.5. The first-order valence-corrected chi connectivity index (χ1v) is 7.86. The van der Waals surface area contributed by atoms with Crippen molar-refractivity contribution >= 4 is 5.82 Å². The first kappa shape index (κ1) is 13.9. The van der Waals surface area contributed by atoms with Gasteiger partial charge in [-0.15, -0.1) is 0 Å². The van der Waals surface area contributed by atoms with Crippen LogP contribution in [0.2, 0.25) is 0 Å². The molecule has 1 N–H and O–H groups in total. The van der Waals surface area contributed by atoms with Crippen LogP contribution < -0.4 is 10.1 Å². The van der Waals surface area contributed by atoms with E-state index in [0.717, 1.165) is 31.0 Å². The smallest absolute Gasteiger partial charge is 0.221 e. The van der Waals surface area contributed by atoms with Crippen molar-refractivity contribution in [3.05, 3.63) is 47.5 Å². The average molecular weight is 282 g/mol. The summed E-state index contributed by atoms with van der Waals surface area (Å²) in [6, 6.07) is 12.3. The van der Waals surface area contributed by atoms with Crippen LogP contribution in [-0.4, -0.2) is 11.5 Å². The zero-order valence-electron chi connectivity index (χ0n) is 12.6. The number of nitrogens with zero attached hydrogens (tertiary/aromatic N) is 1. The number of nitrogens with one attached hydrogen (secondary N) is 1. The molecule has 1 aromatic heterocycles. The Morgan fingerprint density at radius 2 is 1.95 bits per heavy atom. The summed E-state index contributed by atoms with van der Waals surface area (Å²) in [5, 5.41) is 3.28. The van der Waals surface area contributed by atoms with E-state index < -0.39 is 0 Å². The quantitative estimate of drug-likeness (QED) is 0.872. The highest BCUT2D eigenvalue weighted by molar-refractivity contribution is 5.41. The predicted molar refractivity (Wildman–Crippen MR) is 86.2 cm³/mol. The van der Waals surface area contributed by atoms with Crippen molar-refractivity contribution in [3.8, 4) is 11.6 Å².